The van der Waals surface area contributed by atoms with E-state index in [9.17, 15) is 9.90 Å². The fourth-order valence-corrected chi connectivity index (χ4v) is 4.16. The summed E-state index contributed by atoms with van der Waals surface area (Å²) in [5.41, 5.74) is 0. The van der Waals surface area contributed by atoms with Crippen LogP contribution in [0.15, 0.2) is 22.8 Å². The number of amides is 1. The molecular weight excluding hydrogens is 316 g/mol. The third kappa shape index (κ3) is 5.32. The van der Waals surface area contributed by atoms with E-state index in [2.05, 4.69) is 9.80 Å². The molecule has 25 heavy (non-hydrogen) atoms. The number of hydrogen-bond acceptors (Lipinski definition) is 4. The molecule has 2 fully saturated rings. The van der Waals surface area contributed by atoms with Crippen molar-refractivity contribution in [2.24, 2.45) is 0 Å². The summed E-state index contributed by atoms with van der Waals surface area (Å²) in [5.74, 6) is 0.893. The van der Waals surface area contributed by atoms with E-state index in [4.69, 9.17) is 4.42 Å². The van der Waals surface area contributed by atoms with Gasteiger partial charge in [-0.25, -0.2) is 0 Å². The van der Waals surface area contributed by atoms with Crippen LogP contribution in [0.25, 0.3) is 0 Å². The number of likely N-dealkylation sites (tertiary alicyclic amines) is 2. The number of nitrogens with zero attached hydrogens (tertiary/aromatic N) is 2. The van der Waals surface area contributed by atoms with Gasteiger partial charge in [-0.3, -0.25) is 9.69 Å². The molecule has 2 unspecified atom stereocenters. The lowest BCUT2D eigenvalue weighted by atomic mass is 10.0. The third-order valence-corrected chi connectivity index (χ3v) is 5.66. The van der Waals surface area contributed by atoms with E-state index in [0.29, 0.717) is 18.7 Å². The lowest BCUT2D eigenvalue weighted by Gasteiger charge is -2.32. The molecule has 0 aromatic carbocycles. The van der Waals surface area contributed by atoms with Gasteiger partial charge in [-0.05, 0) is 50.8 Å². The number of furan rings is 1. The van der Waals surface area contributed by atoms with Gasteiger partial charge in [0.05, 0.1) is 12.8 Å². The summed E-state index contributed by atoms with van der Waals surface area (Å²) in [4.78, 5) is 17.2. The van der Waals surface area contributed by atoms with Crippen molar-refractivity contribution in [1.82, 2.24) is 9.80 Å². The van der Waals surface area contributed by atoms with E-state index in [0.717, 1.165) is 45.3 Å². The van der Waals surface area contributed by atoms with Gasteiger partial charge in [0, 0.05) is 19.1 Å². The van der Waals surface area contributed by atoms with Crippen LogP contribution in [0.4, 0.5) is 0 Å². The maximum Gasteiger partial charge on any atom is 0.236 e. The van der Waals surface area contributed by atoms with Gasteiger partial charge in [0.1, 0.15) is 11.9 Å². The first kappa shape index (κ1) is 18.5. The normalized spacial score (nSPS) is 24.5. The topological polar surface area (TPSA) is 56.9 Å². The van der Waals surface area contributed by atoms with E-state index < -0.39 is 6.10 Å². The van der Waals surface area contributed by atoms with Gasteiger partial charge in [-0.2, -0.15) is 0 Å². The monoisotopic (exact) mass is 348 g/mol. The van der Waals surface area contributed by atoms with E-state index >= 15 is 0 Å². The summed E-state index contributed by atoms with van der Waals surface area (Å²) < 4.78 is 5.35. The molecule has 0 saturated carbocycles. The van der Waals surface area contributed by atoms with Crippen molar-refractivity contribution < 1.29 is 14.3 Å². The molecule has 2 aliphatic rings. The Morgan fingerprint density at radius 1 is 1.12 bits per heavy atom. The van der Waals surface area contributed by atoms with Crippen LogP contribution >= 0.6 is 0 Å². The molecule has 5 heteroatoms. The van der Waals surface area contributed by atoms with Gasteiger partial charge in [0.2, 0.25) is 5.91 Å². The van der Waals surface area contributed by atoms with Crippen LogP contribution in [0, 0.1) is 0 Å². The standard InChI is InChI=1S/C20H32N2O3/c23-18(19-10-8-14-25-19)15-17-9-4-3-7-13-22(17)16-20(24)21-11-5-1-2-6-12-21/h8,10,14,17-18,23H,1-7,9,11-13,15-16H2. The highest BCUT2D eigenvalue weighted by Crippen LogP contribution is 2.26. The van der Waals surface area contributed by atoms with Crippen LogP contribution in [0.1, 0.15) is 69.7 Å². The van der Waals surface area contributed by atoms with E-state index in [1.54, 1.807) is 6.26 Å². The van der Waals surface area contributed by atoms with Gasteiger partial charge < -0.3 is 14.4 Å². The molecule has 5 nitrogen and oxygen atoms in total. The van der Waals surface area contributed by atoms with Crippen molar-refractivity contribution in [2.75, 3.05) is 26.2 Å². The summed E-state index contributed by atoms with van der Waals surface area (Å²) in [7, 11) is 0. The Balaban J connectivity index is 1.60. The Morgan fingerprint density at radius 2 is 1.84 bits per heavy atom. The molecule has 2 aliphatic heterocycles. The van der Waals surface area contributed by atoms with E-state index in [1.807, 2.05) is 12.1 Å². The van der Waals surface area contributed by atoms with Crippen LogP contribution < -0.4 is 0 Å². The fourth-order valence-electron chi connectivity index (χ4n) is 4.16. The summed E-state index contributed by atoms with van der Waals surface area (Å²) in [6.45, 7) is 3.27. The number of rotatable bonds is 5. The third-order valence-electron chi connectivity index (χ3n) is 5.66. The maximum atomic E-state index is 12.8. The molecule has 2 atom stereocenters. The summed E-state index contributed by atoms with van der Waals surface area (Å²) >= 11 is 0. The van der Waals surface area contributed by atoms with Crippen molar-refractivity contribution in [2.45, 2.75) is 69.9 Å². The first-order chi connectivity index (χ1) is 12.2. The van der Waals surface area contributed by atoms with Gasteiger partial charge in [0.25, 0.3) is 0 Å². The van der Waals surface area contributed by atoms with Crippen molar-refractivity contribution in [3.05, 3.63) is 24.2 Å². The lowest BCUT2D eigenvalue weighted by molar-refractivity contribution is -0.133. The van der Waals surface area contributed by atoms with Crippen molar-refractivity contribution in [3.63, 3.8) is 0 Å². The summed E-state index contributed by atoms with van der Waals surface area (Å²) in [6.07, 6.45) is 11.0. The molecule has 1 aromatic heterocycles. The molecule has 3 heterocycles. The average molecular weight is 348 g/mol. The molecule has 0 aliphatic carbocycles. The maximum absolute atomic E-state index is 12.8. The zero-order valence-corrected chi connectivity index (χ0v) is 15.2. The predicted octanol–water partition coefficient (Wildman–Crippen LogP) is 3.35. The minimum Gasteiger partial charge on any atom is -0.467 e. The minimum absolute atomic E-state index is 0.249. The van der Waals surface area contributed by atoms with Crippen molar-refractivity contribution in [1.29, 1.82) is 0 Å². The molecule has 1 N–H and O–H groups in total. The lowest BCUT2D eigenvalue weighted by Crippen LogP contribution is -2.45. The van der Waals surface area contributed by atoms with Crippen molar-refractivity contribution >= 4 is 5.91 Å². The molecule has 1 amide bonds. The average Bonchev–Trinajstić information content (AvgIpc) is 2.89. The first-order valence-corrected chi connectivity index (χ1v) is 9.97. The van der Waals surface area contributed by atoms with Crippen LogP contribution in [0.5, 0.6) is 0 Å². The molecule has 140 valence electrons. The van der Waals surface area contributed by atoms with E-state index in [-0.39, 0.29) is 11.9 Å². The second kappa shape index (κ2) is 9.39. The Kier molecular flexibility index (Phi) is 6.93. The Morgan fingerprint density at radius 3 is 2.56 bits per heavy atom. The number of hydrogen-bond donors (Lipinski definition) is 1. The molecule has 0 spiro atoms. The highest BCUT2D eigenvalue weighted by atomic mass is 16.4. The van der Waals surface area contributed by atoms with Gasteiger partial charge >= 0.3 is 0 Å². The molecule has 3 rings (SSSR count). The molecule has 2 saturated heterocycles. The molecular formula is C20H32N2O3. The van der Waals surface area contributed by atoms with Gasteiger partial charge in [0.15, 0.2) is 0 Å². The molecule has 0 radical (unpaired) electrons. The summed E-state index contributed by atoms with van der Waals surface area (Å²) in [5, 5.41) is 10.5. The van der Waals surface area contributed by atoms with Crippen molar-refractivity contribution in [3.8, 4) is 0 Å². The van der Waals surface area contributed by atoms with Crippen LogP contribution in [0.2, 0.25) is 0 Å². The number of carbonyl (C=O) groups excluding carboxylic acids is 1. The van der Waals surface area contributed by atoms with Crippen LogP contribution in [-0.2, 0) is 4.79 Å². The Hall–Kier alpha value is -1.33. The molecule has 0 bridgehead atoms. The Bertz CT molecular complexity index is 509. The summed E-state index contributed by atoms with van der Waals surface area (Å²) in [6, 6.07) is 3.89. The number of aliphatic hydroxyl groups excluding tert-OH is 1. The highest BCUT2D eigenvalue weighted by molar-refractivity contribution is 5.78. The smallest absolute Gasteiger partial charge is 0.236 e. The second-order valence-electron chi connectivity index (χ2n) is 7.54. The van der Waals surface area contributed by atoms with Crippen LogP contribution in [0.3, 0.4) is 0 Å². The zero-order valence-electron chi connectivity index (χ0n) is 15.2. The quantitative estimate of drug-likeness (QED) is 0.886. The van der Waals surface area contributed by atoms with E-state index in [1.165, 1.54) is 25.7 Å². The highest BCUT2D eigenvalue weighted by Gasteiger charge is 2.28. The predicted molar refractivity (Wildman–Crippen MR) is 97.2 cm³/mol. The zero-order chi connectivity index (χ0) is 17.5. The Labute approximate surface area is 151 Å². The fraction of sp³-hybridized carbons (Fsp3) is 0.750. The number of aliphatic hydroxyl groups is 1. The second-order valence-corrected chi connectivity index (χ2v) is 7.54. The minimum atomic E-state index is -0.589. The van der Waals surface area contributed by atoms with Gasteiger partial charge in [-0.1, -0.05) is 25.7 Å². The van der Waals surface area contributed by atoms with Gasteiger partial charge in [-0.15, -0.1) is 0 Å². The molecule has 1 aromatic rings. The SMILES string of the molecule is O=C(CN1CCCCCC1CC(O)c1ccco1)N1CCCCCC1. The first-order valence-electron chi connectivity index (χ1n) is 9.97. The number of carbonyl (C=O) groups is 1. The largest absolute Gasteiger partial charge is 0.467 e. The van der Waals surface area contributed by atoms with Crippen LogP contribution in [-0.4, -0.2) is 53.0 Å².